The summed E-state index contributed by atoms with van der Waals surface area (Å²) in [6.45, 7) is 0. The molecule has 7 heteroatoms. The van der Waals surface area contributed by atoms with Crippen LogP contribution in [0.5, 0.6) is 0 Å². The number of rotatable bonds is 2. The zero-order valence-electron chi connectivity index (χ0n) is 4.22. The first-order valence-corrected chi connectivity index (χ1v) is 3.87. The molecule has 0 N–H and O–H groups in total. The van der Waals surface area contributed by atoms with E-state index in [1.54, 1.807) is 0 Å². The Labute approximate surface area is 81.3 Å². The van der Waals surface area contributed by atoms with Gasteiger partial charge in [-0.05, 0) is 0 Å². The van der Waals surface area contributed by atoms with Crippen LogP contribution in [0.1, 0.15) is 0 Å². The van der Waals surface area contributed by atoms with Gasteiger partial charge >= 0.3 is 0 Å². The third kappa shape index (κ3) is 2.42. The zero-order chi connectivity index (χ0) is 8.58. The summed E-state index contributed by atoms with van der Waals surface area (Å²) in [5, 5.41) is 0. The average molecular weight is 252 g/mol. The summed E-state index contributed by atoms with van der Waals surface area (Å²) in [7, 11) is 0. The molecule has 0 aromatic carbocycles. The van der Waals surface area contributed by atoms with E-state index in [-0.39, 0.29) is 0 Å². The fraction of sp³-hybridized carbons (Fsp3) is 1.00. The van der Waals surface area contributed by atoms with Crippen molar-refractivity contribution in [1.29, 1.82) is 0 Å². The maximum absolute atomic E-state index is 12.4. The normalized spacial score (nSPS) is 17.1. The van der Waals surface area contributed by atoms with Crippen molar-refractivity contribution in [2.75, 3.05) is 0 Å². The monoisotopic (exact) mass is 250 g/mol. The first-order chi connectivity index (χ1) is 4.19. The van der Waals surface area contributed by atoms with E-state index in [1.807, 2.05) is 0 Å². The van der Waals surface area contributed by atoms with Crippen LogP contribution >= 0.6 is 58.0 Å². The van der Waals surface area contributed by atoms with Gasteiger partial charge in [-0.15, -0.1) is 0 Å². The number of hydrogen-bond donors (Lipinski definition) is 0. The molecule has 0 bridgehead atoms. The van der Waals surface area contributed by atoms with Crippen molar-refractivity contribution in [3.05, 3.63) is 0 Å². The van der Waals surface area contributed by atoms with Gasteiger partial charge in [0.25, 0.3) is 4.59 Å². The minimum absolute atomic E-state index is 2.38. The van der Waals surface area contributed by atoms with Gasteiger partial charge in [-0.2, -0.15) is 0 Å². The first-order valence-electron chi connectivity index (χ1n) is 1.92. The molecule has 0 saturated heterocycles. The van der Waals surface area contributed by atoms with Crippen LogP contribution in [0.2, 0.25) is 0 Å². The van der Waals surface area contributed by atoms with E-state index >= 15 is 0 Å². The molecule has 0 aliphatic heterocycles. The van der Waals surface area contributed by atoms with Crippen molar-refractivity contribution < 1.29 is 8.78 Å². The Balaban J connectivity index is 4.40. The highest BCUT2D eigenvalue weighted by Crippen LogP contribution is 2.48. The summed E-state index contributed by atoms with van der Waals surface area (Å²) in [5.74, 6) is 0. The van der Waals surface area contributed by atoms with Crippen LogP contribution in [-0.2, 0) is 0 Å². The fourth-order valence-corrected chi connectivity index (χ4v) is 0.577. The second-order valence-electron chi connectivity index (χ2n) is 1.42. The number of halogens is 7. The molecule has 62 valence electrons. The molecule has 0 spiro atoms. The molecule has 0 amide bonds. The van der Waals surface area contributed by atoms with Gasteiger partial charge in [0.2, 0.25) is 9.96 Å². The topological polar surface area (TPSA) is 0 Å². The molecule has 0 fully saturated rings. The minimum atomic E-state index is -3.11. The summed E-state index contributed by atoms with van der Waals surface area (Å²) in [6, 6.07) is 0. The molecule has 0 aliphatic rings. The van der Waals surface area contributed by atoms with Crippen molar-refractivity contribution in [2.24, 2.45) is 0 Å². The quantitative estimate of drug-likeness (QED) is 0.656. The molecule has 1 atom stereocenters. The molecule has 10 heavy (non-hydrogen) atoms. The lowest BCUT2D eigenvalue weighted by molar-refractivity contribution is 0.284. The van der Waals surface area contributed by atoms with E-state index in [0.29, 0.717) is 0 Å². The average Bonchev–Trinajstić information content (AvgIpc) is 1.62. The molecule has 0 nitrogen and oxygen atoms in total. The molecule has 0 radical (unpaired) electrons. The van der Waals surface area contributed by atoms with Gasteiger partial charge in [-0.3, -0.25) is 0 Å². The summed E-state index contributed by atoms with van der Waals surface area (Å²) in [4.78, 5) is 0. The highest BCUT2D eigenvalue weighted by molar-refractivity contribution is 6.63. The number of alkyl halides is 7. The molecule has 1 unspecified atom stereocenters. The van der Waals surface area contributed by atoms with E-state index < -0.39 is 14.6 Å². The SMILES string of the molecule is FC(Cl)C(Cl)(Cl)C(F)(Cl)Cl. The van der Waals surface area contributed by atoms with Gasteiger partial charge in [0.05, 0.1) is 0 Å². The van der Waals surface area contributed by atoms with Crippen molar-refractivity contribution in [3.63, 3.8) is 0 Å². The van der Waals surface area contributed by atoms with Crippen molar-refractivity contribution in [1.82, 2.24) is 0 Å². The lowest BCUT2D eigenvalue weighted by Gasteiger charge is -2.25. The lowest BCUT2D eigenvalue weighted by Crippen LogP contribution is -2.38. The van der Waals surface area contributed by atoms with E-state index in [2.05, 4.69) is 0 Å². The van der Waals surface area contributed by atoms with E-state index in [4.69, 9.17) is 58.0 Å². The summed E-state index contributed by atoms with van der Waals surface area (Å²) >= 11 is 24.1. The van der Waals surface area contributed by atoms with Gasteiger partial charge < -0.3 is 0 Å². The maximum Gasteiger partial charge on any atom is 0.294 e. The van der Waals surface area contributed by atoms with Crippen LogP contribution in [-0.4, -0.2) is 14.6 Å². The standard InChI is InChI=1S/C3HCl5F2/c4-1(9)2(5,6)3(7,8)10/h1H. The second kappa shape index (κ2) is 3.36. The van der Waals surface area contributed by atoms with Crippen molar-refractivity contribution in [3.8, 4) is 0 Å². The molecule has 0 aliphatic carbocycles. The van der Waals surface area contributed by atoms with Gasteiger partial charge in [-0.25, -0.2) is 8.78 Å². The lowest BCUT2D eigenvalue weighted by atomic mass is 10.5. The van der Waals surface area contributed by atoms with E-state index in [0.717, 1.165) is 0 Å². The molecule has 0 aromatic rings. The Bertz CT molecular complexity index is 117. The van der Waals surface area contributed by atoms with Crippen LogP contribution in [0, 0.1) is 0 Å². The molecule has 0 heterocycles. The minimum Gasteiger partial charge on any atom is -0.226 e. The maximum atomic E-state index is 12.4. The highest BCUT2D eigenvalue weighted by Gasteiger charge is 2.54. The van der Waals surface area contributed by atoms with E-state index in [1.165, 1.54) is 0 Å². The number of hydrogen-bond acceptors (Lipinski definition) is 0. The molecule has 0 rings (SSSR count). The molecular weight excluding hydrogens is 251 g/mol. The second-order valence-corrected chi connectivity index (χ2v) is 4.43. The Morgan fingerprint density at radius 1 is 1.10 bits per heavy atom. The predicted octanol–water partition coefficient (Wildman–Crippen LogP) is 3.80. The van der Waals surface area contributed by atoms with Gasteiger partial charge in [0, 0.05) is 0 Å². The fourth-order valence-electron chi connectivity index (χ4n) is 0.124. The Morgan fingerprint density at radius 3 is 1.40 bits per heavy atom. The third-order valence-corrected chi connectivity index (χ3v) is 3.09. The zero-order valence-corrected chi connectivity index (χ0v) is 8.00. The van der Waals surface area contributed by atoms with Gasteiger partial charge in [-0.1, -0.05) is 58.0 Å². The largest absolute Gasteiger partial charge is 0.294 e. The Kier molecular flexibility index (Phi) is 3.80. The summed E-state index contributed by atoms with van der Waals surface area (Å²) < 4.78 is 18.7. The highest BCUT2D eigenvalue weighted by atomic mass is 35.5. The summed E-state index contributed by atoms with van der Waals surface area (Å²) in [6.07, 6.45) is 0. The first kappa shape index (κ1) is 11.3. The van der Waals surface area contributed by atoms with Crippen molar-refractivity contribution >= 4 is 58.0 Å². The van der Waals surface area contributed by atoms with Crippen LogP contribution < -0.4 is 0 Å². The van der Waals surface area contributed by atoms with Crippen molar-refractivity contribution in [2.45, 2.75) is 14.6 Å². The third-order valence-electron chi connectivity index (χ3n) is 0.652. The smallest absolute Gasteiger partial charge is 0.226 e. The predicted molar refractivity (Wildman–Crippen MR) is 40.7 cm³/mol. The van der Waals surface area contributed by atoms with Crippen LogP contribution in [0.3, 0.4) is 0 Å². The molecular formula is C3HCl5F2. The van der Waals surface area contributed by atoms with Crippen LogP contribution in [0.4, 0.5) is 8.78 Å². The Hall–Kier alpha value is 1.31. The van der Waals surface area contributed by atoms with Gasteiger partial charge in [0.15, 0.2) is 0 Å². The molecule has 0 saturated carbocycles. The van der Waals surface area contributed by atoms with Crippen LogP contribution in [0.25, 0.3) is 0 Å². The van der Waals surface area contributed by atoms with Gasteiger partial charge in [0.1, 0.15) is 0 Å². The van der Waals surface area contributed by atoms with E-state index in [9.17, 15) is 8.78 Å². The molecule has 0 aromatic heterocycles. The summed E-state index contributed by atoms with van der Waals surface area (Å²) in [5.41, 5.74) is -2.38. The van der Waals surface area contributed by atoms with Crippen LogP contribution in [0.15, 0.2) is 0 Å². The Morgan fingerprint density at radius 2 is 1.40 bits per heavy atom.